The Morgan fingerprint density at radius 1 is 1.17 bits per heavy atom. The van der Waals surface area contributed by atoms with Crippen LogP contribution in [-0.2, 0) is 11.3 Å². The van der Waals surface area contributed by atoms with E-state index in [4.69, 9.17) is 0 Å². The minimum Gasteiger partial charge on any atom is -0.323 e. The Morgan fingerprint density at radius 2 is 1.90 bits per heavy atom. The number of nitrogens with zero attached hydrogens (tertiary/aromatic N) is 4. The summed E-state index contributed by atoms with van der Waals surface area (Å²) >= 11 is 1.20. The molecule has 0 saturated carbocycles. The van der Waals surface area contributed by atoms with E-state index < -0.39 is 11.1 Å². The molecule has 1 unspecified atom stereocenters. The number of anilines is 1. The van der Waals surface area contributed by atoms with Crippen molar-refractivity contribution in [2.45, 2.75) is 37.2 Å². The minimum atomic E-state index is -0.567. The van der Waals surface area contributed by atoms with Crippen LogP contribution in [0.3, 0.4) is 0 Å². The van der Waals surface area contributed by atoms with Crippen LogP contribution in [0.25, 0.3) is 16.7 Å². The number of para-hydroxylation sites is 2. The zero-order chi connectivity index (χ0) is 21.3. The Hall–Kier alpha value is -3.20. The van der Waals surface area contributed by atoms with Gasteiger partial charge in [-0.1, -0.05) is 43.0 Å². The number of rotatable bonds is 6. The molecule has 4 rings (SSSR count). The summed E-state index contributed by atoms with van der Waals surface area (Å²) in [5, 5.41) is 11.5. The van der Waals surface area contributed by atoms with Crippen molar-refractivity contribution in [1.82, 2.24) is 19.2 Å². The van der Waals surface area contributed by atoms with E-state index in [0.717, 1.165) is 6.42 Å². The van der Waals surface area contributed by atoms with Crippen molar-refractivity contribution >= 4 is 40.0 Å². The van der Waals surface area contributed by atoms with Crippen LogP contribution in [-0.4, -0.2) is 30.3 Å². The molecule has 1 N–H and O–H groups in total. The summed E-state index contributed by atoms with van der Waals surface area (Å²) in [7, 11) is 0. The maximum atomic E-state index is 13.8. The molecule has 1 atom stereocenters. The molecule has 0 radical (unpaired) electrons. The van der Waals surface area contributed by atoms with E-state index in [1.54, 1.807) is 34.1 Å². The summed E-state index contributed by atoms with van der Waals surface area (Å²) in [6.45, 7) is 4.21. The fourth-order valence-electron chi connectivity index (χ4n) is 3.24. The lowest BCUT2D eigenvalue weighted by Gasteiger charge is -2.13. The lowest BCUT2D eigenvalue weighted by atomic mass is 10.2. The number of carbonyl (C=O) groups excluding carboxylic acids is 1. The molecule has 0 spiro atoms. The molecule has 7 nitrogen and oxygen atoms in total. The van der Waals surface area contributed by atoms with Crippen molar-refractivity contribution in [3.8, 4) is 0 Å². The first-order valence-electron chi connectivity index (χ1n) is 9.60. The van der Waals surface area contributed by atoms with Gasteiger partial charge in [-0.3, -0.25) is 18.6 Å². The first-order chi connectivity index (χ1) is 14.5. The van der Waals surface area contributed by atoms with Gasteiger partial charge in [-0.2, -0.15) is 0 Å². The van der Waals surface area contributed by atoms with Gasteiger partial charge in [0.15, 0.2) is 5.16 Å². The predicted molar refractivity (Wildman–Crippen MR) is 115 cm³/mol. The SMILES string of the molecule is CCCn1c(=O)c2ccccc2n2c(SC(C)C(=O)Nc3ccccc3F)nnc12. The van der Waals surface area contributed by atoms with E-state index >= 15 is 0 Å². The Labute approximate surface area is 175 Å². The molecule has 2 aromatic carbocycles. The van der Waals surface area contributed by atoms with Crippen LogP contribution < -0.4 is 10.9 Å². The topological polar surface area (TPSA) is 81.3 Å². The molecular weight excluding hydrogens is 405 g/mol. The zero-order valence-electron chi connectivity index (χ0n) is 16.5. The molecule has 2 aromatic heterocycles. The number of thioether (sulfide) groups is 1. The third-order valence-corrected chi connectivity index (χ3v) is 5.75. The summed E-state index contributed by atoms with van der Waals surface area (Å²) in [5.41, 5.74) is 0.691. The third-order valence-electron chi connectivity index (χ3n) is 4.71. The van der Waals surface area contributed by atoms with Crippen molar-refractivity contribution in [1.29, 1.82) is 0 Å². The van der Waals surface area contributed by atoms with Crippen LogP contribution in [0.1, 0.15) is 20.3 Å². The Morgan fingerprint density at radius 3 is 2.67 bits per heavy atom. The summed E-state index contributed by atoms with van der Waals surface area (Å²) < 4.78 is 17.2. The van der Waals surface area contributed by atoms with Gasteiger partial charge in [0.25, 0.3) is 5.56 Å². The average molecular weight is 425 g/mol. The van der Waals surface area contributed by atoms with Gasteiger partial charge in [0.05, 0.1) is 21.8 Å². The molecule has 0 aliphatic carbocycles. The van der Waals surface area contributed by atoms with E-state index in [1.165, 1.54) is 23.9 Å². The monoisotopic (exact) mass is 425 g/mol. The maximum Gasteiger partial charge on any atom is 0.262 e. The highest BCUT2D eigenvalue weighted by Gasteiger charge is 2.22. The van der Waals surface area contributed by atoms with E-state index in [0.29, 0.717) is 28.4 Å². The van der Waals surface area contributed by atoms with Gasteiger partial charge in [-0.05, 0) is 37.6 Å². The highest BCUT2D eigenvalue weighted by Crippen LogP contribution is 2.26. The zero-order valence-corrected chi connectivity index (χ0v) is 17.3. The Bertz CT molecular complexity index is 1300. The number of halogens is 1. The first kappa shape index (κ1) is 20.1. The van der Waals surface area contributed by atoms with E-state index in [2.05, 4.69) is 15.5 Å². The number of carbonyl (C=O) groups is 1. The van der Waals surface area contributed by atoms with Crippen LogP contribution in [0.15, 0.2) is 58.5 Å². The van der Waals surface area contributed by atoms with Gasteiger partial charge in [0.2, 0.25) is 11.7 Å². The maximum absolute atomic E-state index is 13.8. The van der Waals surface area contributed by atoms with Crippen LogP contribution in [0.5, 0.6) is 0 Å². The molecule has 0 bridgehead atoms. The fraction of sp³-hybridized carbons (Fsp3) is 0.238. The Kier molecular flexibility index (Phi) is 5.54. The predicted octanol–water partition coefficient (Wildman–Crippen LogP) is 3.71. The summed E-state index contributed by atoms with van der Waals surface area (Å²) in [6, 6.07) is 13.3. The van der Waals surface area contributed by atoms with Gasteiger partial charge in [0.1, 0.15) is 5.82 Å². The van der Waals surface area contributed by atoms with Crippen LogP contribution in [0.4, 0.5) is 10.1 Å². The summed E-state index contributed by atoms with van der Waals surface area (Å²) in [6.07, 6.45) is 0.769. The molecule has 0 aliphatic heterocycles. The van der Waals surface area contributed by atoms with Crippen molar-refractivity contribution in [2.24, 2.45) is 0 Å². The number of aryl methyl sites for hydroxylation is 1. The summed E-state index contributed by atoms with van der Waals surface area (Å²) in [4.78, 5) is 25.5. The second kappa shape index (κ2) is 8.27. The van der Waals surface area contributed by atoms with E-state index in [1.807, 2.05) is 25.1 Å². The van der Waals surface area contributed by atoms with Gasteiger partial charge in [-0.15, -0.1) is 10.2 Å². The molecule has 0 fully saturated rings. The van der Waals surface area contributed by atoms with Crippen LogP contribution >= 0.6 is 11.8 Å². The molecule has 0 aliphatic rings. The molecular formula is C21H20FN5O2S. The Balaban J connectivity index is 1.72. The number of benzene rings is 2. The second-order valence-corrected chi connectivity index (χ2v) is 8.13. The normalized spacial score (nSPS) is 12.4. The number of fused-ring (bicyclic) bond motifs is 3. The molecule has 4 aromatic rings. The van der Waals surface area contributed by atoms with Gasteiger partial charge >= 0.3 is 0 Å². The molecule has 30 heavy (non-hydrogen) atoms. The number of aromatic nitrogens is 4. The first-order valence-corrected chi connectivity index (χ1v) is 10.5. The molecule has 9 heteroatoms. The number of amides is 1. The van der Waals surface area contributed by atoms with E-state index in [-0.39, 0.29) is 17.2 Å². The average Bonchev–Trinajstić information content (AvgIpc) is 3.16. The van der Waals surface area contributed by atoms with Gasteiger partial charge in [0, 0.05) is 6.54 Å². The van der Waals surface area contributed by atoms with Crippen molar-refractivity contribution in [2.75, 3.05) is 5.32 Å². The largest absolute Gasteiger partial charge is 0.323 e. The van der Waals surface area contributed by atoms with Gasteiger partial charge in [-0.25, -0.2) is 4.39 Å². The molecule has 2 heterocycles. The second-order valence-electron chi connectivity index (χ2n) is 6.82. The lowest BCUT2D eigenvalue weighted by Crippen LogP contribution is -2.24. The number of hydrogen-bond acceptors (Lipinski definition) is 5. The molecule has 1 amide bonds. The smallest absolute Gasteiger partial charge is 0.262 e. The number of hydrogen-bond donors (Lipinski definition) is 1. The highest BCUT2D eigenvalue weighted by atomic mass is 32.2. The molecule has 0 saturated heterocycles. The van der Waals surface area contributed by atoms with Crippen LogP contribution in [0, 0.1) is 5.82 Å². The summed E-state index contributed by atoms with van der Waals surface area (Å²) in [5.74, 6) is -0.414. The molecule has 154 valence electrons. The van der Waals surface area contributed by atoms with Gasteiger partial charge < -0.3 is 5.32 Å². The third kappa shape index (κ3) is 3.56. The highest BCUT2D eigenvalue weighted by molar-refractivity contribution is 8.00. The van der Waals surface area contributed by atoms with Crippen LogP contribution in [0.2, 0.25) is 0 Å². The standard InChI is InChI=1S/C21H20FN5O2S/c1-3-12-26-19(29)14-8-4-7-11-17(14)27-20(26)24-25-21(27)30-13(2)18(28)23-16-10-6-5-9-15(16)22/h4-11,13H,3,12H2,1-2H3,(H,23,28). The van der Waals surface area contributed by atoms with Crippen molar-refractivity contribution in [3.05, 3.63) is 64.7 Å². The fourth-order valence-corrected chi connectivity index (χ4v) is 4.10. The van der Waals surface area contributed by atoms with E-state index in [9.17, 15) is 14.0 Å². The quantitative estimate of drug-likeness (QED) is 0.476. The number of nitrogens with one attached hydrogen (secondary N) is 1. The van der Waals surface area contributed by atoms with Crippen molar-refractivity contribution < 1.29 is 9.18 Å². The lowest BCUT2D eigenvalue weighted by molar-refractivity contribution is -0.115. The minimum absolute atomic E-state index is 0.116. The van der Waals surface area contributed by atoms with Crippen molar-refractivity contribution in [3.63, 3.8) is 0 Å².